The highest BCUT2D eigenvalue weighted by Gasteiger charge is 2.21. The minimum Gasteiger partial charge on any atom is -0.483 e. The molecule has 0 saturated carbocycles. The summed E-state index contributed by atoms with van der Waals surface area (Å²) in [5.41, 5.74) is 2.04. The third kappa shape index (κ3) is 10.4. The van der Waals surface area contributed by atoms with Gasteiger partial charge in [0.15, 0.2) is 0 Å². The largest absolute Gasteiger partial charge is 0.483 e. The fourth-order valence-electron chi connectivity index (χ4n) is 3.28. The topological polar surface area (TPSA) is 115 Å². The molecule has 1 saturated heterocycles. The summed E-state index contributed by atoms with van der Waals surface area (Å²) in [6.07, 6.45) is 8.10. The Morgan fingerprint density at radius 1 is 1.25 bits per heavy atom. The van der Waals surface area contributed by atoms with Crippen molar-refractivity contribution in [3.8, 4) is 0 Å². The van der Waals surface area contributed by atoms with Crippen LogP contribution in [0.1, 0.15) is 71.7 Å². The van der Waals surface area contributed by atoms with Crippen molar-refractivity contribution in [1.82, 2.24) is 20.2 Å². The van der Waals surface area contributed by atoms with E-state index in [1.54, 1.807) is 36.1 Å². The van der Waals surface area contributed by atoms with Gasteiger partial charge in [-0.05, 0) is 44.9 Å². The summed E-state index contributed by atoms with van der Waals surface area (Å²) in [5, 5.41) is 10.8. The third-order valence-electron chi connectivity index (χ3n) is 5.33. The summed E-state index contributed by atoms with van der Waals surface area (Å²) in [6, 6.07) is 5.10. The van der Waals surface area contributed by atoms with Crippen LogP contribution in [0.25, 0.3) is 11.0 Å². The second-order valence-corrected chi connectivity index (χ2v) is 9.23. The van der Waals surface area contributed by atoms with Crippen molar-refractivity contribution in [2.24, 2.45) is 0 Å². The predicted molar refractivity (Wildman–Crippen MR) is 145 cm³/mol. The first kappa shape index (κ1) is 31.2. The Labute approximate surface area is 222 Å². The molecule has 3 N–H and O–H groups in total. The van der Waals surface area contributed by atoms with Crippen molar-refractivity contribution in [2.75, 3.05) is 13.1 Å². The number of aromatic nitrogens is 2. The number of unbranched alkanes of at least 4 members (excludes halogenated alkanes) is 1. The lowest BCUT2D eigenvalue weighted by Crippen LogP contribution is -2.29. The number of halogens is 2. The molecule has 1 fully saturated rings. The first-order valence-electron chi connectivity index (χ1n) is 12.0. The molecule has 3 rings (SSSR count). The van der Waals surface area contributed by atoms with Crippen molar-refractivity contribution in [2.45, 2.75) is 65.8 Å². The maximum Gasteiger partial charge on any atom is 0.290 e. The van der Waals surface area contributed by atoms with Crippen LogP contribution in [0, 0.1) is 0 Å². The highest BCUT2D eigenvalue weighted by Crippen LogP contribution is 2.20. The molecule has 198 valence electrons. The van der Waals surface area contributed by atoms with Gasteiger partial charge in [0.2, 0.25) is 5.91 Å². The number of benzene rings is 1. The van der Waals surface area contributed by atoms with Gasteiger partial charge in [-0.25, -0.2) is 4.98 Å². The molecule has 1 aliphatic rings. The molecule has 0 bridgehead atoms. The second-order valence-electron chi connectivity index (χ2n) is 8.23. The van der Waals surface area contributed by atoms with Gasteiger partial charge in [0.1, 0.15) is 5.82 Å². The summed E-state index contributed by atoms with van der Waals surface area (Å²) in [4.78, 5) is 42.7. The van der Waals surface area contributed by atoms with Crippen molar-refractivity contribution in [3.05, 3.63) is 51.8 Å². The molecule has 2 heterocycles. The van der Waals surface area contributed by atoms with Crippen LogP contribution < -0.4 is 5.32 Å². The van der Waals surface area contributed by atoms with E-state index in [1.807, 2.05) is 13.0 Å². The minimum absolute atomic E-state index is 0.0824. The molecule has 0 spiro atoms. The Balaban J connectivity index is 0.000000825. The van der Waals surface area contributed by atoms with E-state index in [1.165, 1.54) is 12.8 Å². The number of hydrogen-bond acceptors (Lipinski definition) is 4. The minimum atomic E-state index is -0.293. The first-order valence-corrected chi connectivity index (χ1v) is 12.8. The summed E-state index contributed by atoms with van der Waals surface area (Å²) in [6.45, 7) is 9.15. The number of nitrogens with one attached hydrogen (secondary N) is 2. The number of carboxylic acid groups (broad SMARTS) is 1. The van der Waals surface area contributed by atoms with Crippen LogP contribution in [-0.2, 0) is 14.4 Å². The number of H-pyrrole nitrogens is 1. The fraction of sp³-hybridized carbons (Fsp3) is 0.462. The SMILES string of the molecule is C/C(Cl)=C(\C=C/CC(=O)N[C@@H](C)c1nc2ccc(Cl)cc2[nH]1)C(=O)N1CCCC1.CCCC.O=CO. The Morgan fingerprint density at radius 3 is 2.42 bits per heavy atom. The number of allylic oxidation sites excluding steroid dienone is 1. The van der Waals surface area contributed by atoms with E-state index in [2.05, 4.69) is 29.1 Å². The summed E-state index contributed by atoms with van der Waals surface area (Å²) >= 11 is 12.1. The quantitative estimate of drug-likeness (QED) is 0.227. The molecule has 10 heteroatoms. The van der Waals surface area contributed by atoms with E-state index in [9.17, 15) is 9.59 Å². The van der Waals surface area contributed by atoms with Crippen LogP contribution in [0.3, 0.4) is 0 Å². The zero-order valence-electron chi connectivity index (χ0n) is 21.3. The number of imidazole rings is 1. The van der Waals surface area contributed by atoms with Crippen molar-refractivity contribution in [1.29, 1.82) is 0 Å². The summed E-state index contributed by atoms with van der Waals surface area (Å²) in [7, 11) is 0. The van der Waals surface area contributed by atoms with Gasteiger partial charge in [0.25, 0.3) is 12.4 Å². The van der Waals surface area contributed by atoms with E-state index in [4.69, 9.17) is 33.1 Å². The molecule has 0 unspecified atom stereocenters. The average Bonchev–Trinajstić information content (AvgIpc) is 3.52. The van der Waals surface area contributed by atoms with E-state index in [0.717, 1.165) is 37.0 Å². The molecule has 1 aromatic carbocycles. The maximum absolute atomic E-state index is 12.5. The van der Waals surface area contributed by atoms with Crippen molar-refractivity contribution in [3.63, 3.8) is 0 Å². The lowest BCUT2D eigenvalue weighted by atomic mass is 10.2. The van der Waals surface area contributed by atoms with Gasteiger partial charge in [0.05, 0.1) is 22.6 Å². The lowest BCUT2D eigenvalue weighted by Gasteiger charge is -2.16. The van der Waals surface area contributed by atoms with Gasteiger partial charge in [0, 0.05) is 29.6 Å². The van der Waals surface area contributed by atoms with Crippen LogP contribution in [0.5, 0.6) is 0 Å². The van der Waals surface area contributed by atoms with Gasteiger partial charge < -0.3 is 20.3 Å². The number of likely N-dealkylation sites (tertiary alicyclic amines) is 1. The van der Waals surface area contributed by atoms with Gasteiger partial charge in [-0.15, -0.1) is 0 Å². The molecule has 2 amide bonds. The average molecular weight is 540 g/mol. The zero-order chi connectivity index (χ0) is 27.1. The third-order valence-corrected chi connectivity index (χ3v) is 5.77. The Bertz CT molecular complexity index is 1050. The van der Waals surface area contributed by atoms with Gasteiger partial charge in [-0.2, -0.15) is 0 Å². The number of carbonyl (C=O) groups is 3. The molecular weight excluding hydrogens is 503 g/mol. The van der Waals surface area contributed by atoms with E-state index >= 15 is 0 Å². The molecule has 36 heavy (non-hydrogen) atoms. The van der Waals surface area contributed by atoms with Gasteiger partial charge >= 0.3 is 0 Å². The van der Waals surface area contributed by atoms with Crippen LogP contribution in [0.15, 0.2) is 41.0 Å². The van der Waals surface area contributed by atoms with Gasteiger partial charge in [-0.1, -0.05) is 62.0 Å². The number of nitrogens with zero attached hydrogens (tertiary/aromatic N) is 2. The van der Waals surface area contributed by atoms with E-state index < -0.39 is 0 Å². The molecule has 2 aromatic rings. The van der Waals surface area contributed by atoms with Crippen molar-refractivity contribution >= 4 is 52.5 Å². The van der Waals surface area contributed by atoms with E-state index in [0.29, 0.717) is 21.5 Å². The molecule has 1 aromatic heterocycles. The number of fused-ring (bicyclic) bond motifs is 1. The number of hydrogen-bond donors (Lipinski definition) is 3. The number of rotatable bonds is 7. The molecular formula is C26H36Cl2N4O4. The molecule has 8 nitrogen and oxygen atoms in total. The van der Waals surface area contributed by atoms with Gasteiger partial charge in [-0.3, -0.25) is 14.4 Å². The summed E-state index contributed by atoms with van der Waals surface area (Å²) in [5.74, 6) is 0.398. The first-order chi connectivity index (χ1) is 17.2. The highest BCUT2D eigenvalue weighted by molar-refractivity contribution is 6.32. The van der Waals surface area contributed by atoms with Crippen LogP contribution in [0.4, 0.5) is 0 Å². The predicted octanol–water partition coefficient (Wildman–Crippen LogP) is 5.98. The molecule has 0 aliphatic carbocycles. The number of amides is 2. The highest BCUT2D eigenvalue weighted by atomic mass is 35.5. The maximum atomic E-state index is 12.5. The van der Waals surface area contributed by atoms with Crippen molar-refractivity contribution < 1.29 is 19.5 Å². The Morgan fingerprint density at radius 2 is 1.86 bits per heavy atom. The second kappa shape index (κ2) is 16.8. The standard InChI is InChI=1S/C21H24Cl2N4O2.C4H10.CH2O2/c1-13(22)16(21(29)27-10-3-4-11-27)6-5-7-19(28)24-14(2)20-25-17-9-8-15(23)12-18(17)26-20;1-3-4-2;2-1-3/h5-6,8-9,12,14H,3-4,7,10-11H2,1-2H3,(H,24,28)(H,25,26);3-4H2,1-2H3;1H,(H,2,3)/b6-5-,16-13-;;/t14-;;/m0../s1. The molecule has 1 atom stereocenters. The lowest BCUT2D eigenvalue weighted by molar-refractivity contribution is -0.126. The monoisotopic (exact) mass is 538 g/mol. The smallest absolute Gasteiger partial charge is 0.290 e. The molecule has 1 aliphatic heterocycles. The molecule has 0 radical (unpaired) electrons. The van der Waals surface area contributed by atoms with Crippen LogP contribution >= 0.6 is 23.2 Å². The zero-order valence-corrected chi connectivity index (χ0v) is 22.8. The fourth-order valence-corrected chi connectivity index (χ4v) is 3.60. The van der Waals surface area contributed by atoms with E-state index in [-0.39, 0.29) is 30.7 Å². The number of carbonyl (C=O) groups excluding carboxylic acids is 2. The normalized spacial score (nSPS) is 14.3. The summed E-state index contributed by atoms with van der Waals surface area (Å²) < 4.78 is 0. The van der Waals surface area contributed by atoms with Crippen LogP contribution in [-0.4, -0.2) is 51.4 Å². The Kier molecular flexibility index (Phi) is 14.5. The number of aromatic amines is 1. The Hall–Kier alpha value is -2.84. The van der Waals surface area contributed by atoms with Crippen LogP contribution in [0.2, 0.25) is 5.02 Å².